The van der Waals surface area contributed by atoms with Crippen molar-refractivity contribution in [2.24, 2.45) is 5.92 Å². The molecule has 1 aliphatic rings. The molecule has 136 valence electrons. The Bertz CT molecular complexity index is 848. The van der Waals surface area contributed by atoms with Crippen molar-refractivity contribution in [3.8, 4) is 0 Å². The Labute approximate surface area is 150 Å². The van der Waals surface area contributed by atoms with Crippen LogP contribution in [-0.4, -0.2) is 29.7 Å². The highest BCUT2D eigenvalue weighted by Gasteiger charge is 2.28. The number of nitrogens with zero attached hydrogens (tertiary/aromatic N) is 1. The second-order valence-electron chi connectivity index (χ2n) is 6.37. The first-order chi connectivity index (χ1) is 12.4. The topological polar surface area (TPSA) is 50.5 Å². The fourth-order valence-electron chi connectivity index (χ4n) is 3.07. The van der Waals surface area contributed by atoms with E-state index in [-0.39, 0.29) is 11.5 Å². The zero-order valence-electron chi connectivity index (χ0n) is 14.4. The summed E-state index contributed by atoms with van der Waals surface area (Å²) in [5.74, 6) is -0.972. The summed E-state index contributed by atoms with van der Waals surface area (Å²) in [5.41, 5.74) is -0.220. The number of Topliss-reactive ketones (excluding diaryl/α,β-unsaturated/α-hetero) is 1. The van der Waals surface area contributed by atoms with Crippen LogP contribution >= 0.6 is 0 Å². The average molecular weight is 359 g/mol. The van der Waals surface area contributed by atoms with Crippen molar-refractivity contribution in [2.45, 2.75) is 19.8 Å². The van der Waals surface area contributed by atoms with E-state index in [4.69, 9.17) is 4.42 Å². The van der Waals surface area contributed by atoms with Crippen molar-refractivity contribution >= 4 is 17.8 Å². The first-order valence-corrected chi connectivity index (χ1v) is 8.47. The van der Waals surface area contributed by atoms with Gasteiger partial charge < -0.3 is 9.32 Å². The van der Waals surface area contributed by atoms with E-state index in [0.29, 0.717) is 31.7 Å². The second kappa shape index (κ2) is 7.64. The summed E-state index contributed by atoms with van der Waals surface area (Å²) in [6.07, 6.45) is 3.89. The largest absolute Gasteiger partial charge is 0.462 e. The summed E-state index contributed by atoms with van der Waals surface area (Å²) in [6, 6.07) is 6.47. The van der Waals surface area contributed by atoms with Crippen LogP contribution in [0.3, 0.4) is 0 Å². The number of ketones is 1. The number of carbonyl (C=O) groups excluding carboxylic acids is 2. The molecule has 3 rings (SSSR count). The molecule has 0 spiro atoms. The van der Waals surface area contributed by atoms with Crippen molar-refractivity contribution in [3.05, 3.63) is 65.1 Å². The quantitative estimate of drug-likeness (QED) is 0.612. The number of rotatable bonds is 4. The van der Waals surface area contributed by atoms with Crippen molar-refractivity contribution < 1.29 is 22.8 Å². The van der Waals surface area contributed by atoms with Crippen LogP contribution in [0.25, 0.3) is 6.08 Å². The fourth-order valence-corrected chi connectivity index (χ4v) is 3.07. The highest BCUT2D eigenvalue weighted by Crippen LogP contribution is 2.24. The van der Waals surface area contributed by atoms with Gasteiger partial charge in [-0.3, -0.25) is 9.59 Å². The van der Waals surface area contributed by atoms with Crippen molar-refractivity contribution in [3.63, 3.8) is 0 Å². The maximum Gasteiger partial charge on any atom is 0.246 e. The SMILES string of the molecule is Cc1ccc(/C=C/C(=O)N2CCC(C(=O)c3cc(F)ccc3F)CC2)o1. The number of hydrogen-bond acceptors (Lipinski definition) is 3. The second-order valence-corrected chi connectivity index (χ2v) is 6.37. The Balaban J connectivity index is 1.58. The molecule has 0 N–H and O–H groups in total. The molecule has 0 atom stereocenters. The molecule has 2 heterocycles. The molecule has 0 bridgehead atoms. The van der Waals surface area contributed by atoms with Gasteiger partial charge in [0, 0.05) is 25.1 Å². The predicted molar refractivity (Wildman–Crippen MR) is 92.5 cm³/mol. The number of furan rings is 1. The normalized spacial score (nSPS) is 15.6. The first kappa shape index (κ1) is 18.0. The lowest BCUT2D eigenvalue weighted by molar-refractivity contribution is -0.127. The Morgan fingerprint density at radius 3 is 2.54 bits per heavy atom. The summed E-state index contributed by atoms with van der Waals surface area (Å²) in [6.45, 7) is 2.61. The van der Waals surface area contributed by atoms with Crippen LogP contribution in [0.4, 0.5) is 8.78 Å². The molecule has 1 aromatic heterocycles. The predicted octanol–water partition coefficient (Wildman–Crippen LogP) is 4.00. The third-order valence-electron chi connectivity index (χ3n) is 4.52. The summed E-state index contributed by atoms with van der Waals surface area (Å²) in [5, 5.41) is 0. The zero-order valence-corrected chi connectivity index (χ0v) is 14.4. The molecule has 1 aromatic carbocycles. The van der Waals surface area contributed by atoms with Gasteiger partial charge in [-0.1, -0.05) is 0 Å². The zero-order chi connectivity index (χ0) is 18.7. The Kier molecular flexibility index (Phi) is 5.30. The summed E-state index contributed by atoms with van der Waals surface area (Å²) in [4.78, 5) is 26.3. The molecule has 1 amide bonds. The van der Waals surface area contributed by atoms with Gasteiger partial charge in [0.25, 0.3) is 0 Å². The minimum atomic E-state index is -0.716. The summed E-state index contributed by atoms with van der Waals surface area (Å²) < 4.78 is 32.4. The molecule has 2 aromatic rings. The molecule has 0 radical (unpaired) electrons. The number of amides is 1. The highest BCUT2D eigenvalue weighted by atomic mass is 19.1. The monoisotopic (exact) mass is 359 g/mol. The number of aryl methyl sites for hydroxylation is 1. The van der Waals surface area contributed by atoms with Gasteiger partial charge in [-0.2, -0.15) is 0 Å². The smallest absolute Gasteiger partial charge is 0.246 e. The molecule has 6 heteroatoms. The minimum Gasteiger partial charge on any atom is -0.462 e. The van der Waals surface area contributed by atoms with E-state index in [0.717, 1.165) is 24.0 Å². The van der Waals surface area contributed by atoms with E-state index in [9.17, 15) is 18.4 Å². The lowest BCUT2D eigenvalue weighted by Crippen LogP contribution is -2.39. The lowest BCUT2D eigenvalue weighted by atomic mass is 9.88. The van der Waals surface area contributed by atoms with Gasteiger partial charge in [0.15, 0.2) is 5.78 Å². The van der Waals surface area contributed by atoms with Gasteiger partial charge in [0.05, 0.1) is 5.56 Å². The molecule has 1 saturated heterocycles. The molecule has 1 fully saturated rings. The third kappa shape index (κ3) is 4.07. The Morgan fingerprint density at radius 2 is 1.88 bits per heavy atom. The van der Waals surface area contributed by atoms with Crippen LogP contribution < -0.4 is 0 Å². The maximum atomic E-state index is 13.8. The van der Waals surface area contributed by atoms with Crippen LogP contribution in [0.1, 0.15) is 34.7 Å². The van der Waals surface area contributed by atoms with E-state index >= 15 is 0 Å². The molecule has 1 aliphatic heterocycles. The summed E-state index contributed by atoms with van der Waals surface area (Å²) >= 11 is 0. The van der Waals surface area contributed by atoms with Crippen LogP contribution in [0.2, 0.25) is 0 Å². The van der Waals surface area contributed by atoms with E-state index in [1.54, 1.807) is 17.0 Å². The van der Waals surface area contributed by atoms with E-state index in [1.807, 2.05) is 13.0 Å². The van der Waals surface area contributed by atoms with Gasteiger partial charge in [0.1, 0.15) is 23.2 Å². The fraction of sp³-hybridized carbons (Fsp3) is 0.300. The lowest BCUT2D eigenvalue weighted by Gasteiger charge is -2.30. The Hall–Kier alpha value is -2.76. The number of piperidine rings is 1. The first-order valence-electron chi connectivity index (χ1n) is 8.47. The van der Waals surface area contributed by atoms with Gasteiger partial charge in [-0.05, 0) is 56.2 Å². The number of hydrogen-bond donors (Lipinski definition) is 0. The van der Waals surface area contributed by atoms with Crippen molar-refractivity contribution in [1.29, 1.82) is 0 Å². The Morgan fingerprint density at radius 1 is 1.15 bits per heavy atom. The summed E-state index contributed by atoms with van der Waals surface area (Å²) in [7, 11) is 0. The van der Waals surface area contributed by atoms with Gasteiger partial charge in [-0.25, -0.2) is 8.78 Å². The maximum absolute atomic E-state index is 13.8. The number of benzene rings is 1. The van der Waals surface area contributed by atoms with Gasteiger partial charge in [0.2, 0.25) is 5.91 Å². The molecule has 26 heavy (non-hydrogen) atoms. The molecule has 4 nitrogen and oxygen atoms in total. The van der Waals surface area contributed by atoms with Crippen molar-refractivity contribution in [2.75, 3.05) is 13.1 Å². The van der Waals surface area contributed by atoms with E-state index in [1.165, 1.54) is 6.08 Å². The number of carbonyl (C=O) groups is 2. The molecule has 0 aliphatic carbocycles. The van der Waals surface area contributed by atoms with Gasteiger partial charge >= 0.3 is 0 Å². The van der Waals surface area contributed by atoms with Crippen molar-refractivity contribution in [1.82, 2.24) is 4.90 Å². The van der Waals surface area contributed by atoms with Crippen LogP contribution in [0.5, 0.6) is 0 Å². The standard InChI is InChI=1S/C20H19F2NO3/c1-13-2-4-16(26-13)5-7-19(24)23-10-8-14(9-11-23)20(25)17-12-15(21)3-6-18(17)22/h2-7,12,14H,8-11H2,1H3/b7-5+. The van der Waals surface area contributed by atoms with Crippen LogP contribution in [0.15, 0.2) is 40.8 Å². The minimum absolute atomic E-state index is 0.165. The van der Waals surface area contributed by atoms with Crippen LogP contribution in [-0.2, 0) is 4.79 Å². The van der Waals surface area contributed by atoms with Crippen LogP contribution in [0, 0.1) is 24.5 Å². The number of likely N-dealkylation sites (tertiary alicyclic amines) is 1. The third-order valence-corrected chi connectivity index (χ3v) is 4.52. The molecule has 0 saturated carbocycles. The molecule has 0 unspecified atom stereocenters. The van der Waals surface area contributed by atoms with E-state index < -0.39 is 23.3 Å². The number of halogens is 2. The van der Waals surface area contributed by atoms with E-state index in [2.05, 4.69) is 0 Å². The van der Waals surface area contributed by atoms with Gasteiger partial charge in [-0.15, -0.1) is 0 Å². The highest BCUT2D eigenvalue weighted by molar-refractivity contribution is 5.98. The molecular formula is C20H19F2NO3. The average Bonchev–Trinajstić information content (AvgIpc) is 3.06. The molecular weight excluding hydrogens is 340 g/mol.